The highest BCUT2D eigenvalue weighted by atomic mass is 19.4. The van der Waals surface area contributed by atoms with Gasteiger partial charge in [0.25, 0.3) is 0 Å². The average molecular weight is 344 g/mol. The molecule has 0 bridgehead atoms. The van der Waals surface area contributed by atoms with Gasteiger partial charge in [0, 0.05) is 24.9 Å². The maximum absolute atomic E-state index is 12.8. The number of halogens is 3. The number of amides is 1. The SMILES string of the molecule is Cc1nc([C@H]2CCCC[C@H]2C(=O)N2CCCC2)n(CC(F)(F)F)n1. The number of nitrogens with zero attached hydrogens (tertiary/aromatic N) is 4. The molecule has 8 heteroatoms. The largest absolute Gasteiger partial charge is 0.408 e. The van der Waals surface area contributed by atoms with Crippen molar-refractivity contribution in [1.82, 2.24) is 19.7 Å². The third-order valence-electron chi connectivity index (χ3n) is 4.97. The smallest absolute Gasteiger partial charge is 0.342 e. The van der Waals surface area contributed by atoms with Crippen molar-refractivity contribution in [2.75, 3.05) is 13.1 Å². The molecular weight excluding hydrogens is 321 g/mol. The first kappa shape index (κ1) is 17.2. The molecule has 134 valence electrons. The van der Waals surface area contributed by atoms with Crippen LogP contribution in [0.1, 0.15) is 56.1 Å². The fraction of sp³-hybridized carbons (Fsp3) is 0.812. The molecule has 2 fully saturated rings. The Hall–Kier alpha value is -1.60. The molecule has 1 saturated carbocycles. The van der Waals surface area contributed by atoms with Gasteiger partial charge in [-0.3, -0.25) is 4.79 Å². The highest BCUT2D eigenvalue weighted by Gasteiger charge is 2.39. The van der Waals surface area contributed by atoms with E-state index in [0.717, 1.165) is 49.9 Å². The second kappa shape index (κ2) is 6.72. The minimum absolute atomic E-state index is 0.0800. The number of likely N-dealkylation sites (tertiary alicyclic amines) is 1. The lowest BCUT2D eigenvalue weighted by Crippen LogP contribution is -2.39. The van der Waals surface area contributed by atoms with Gasteiger partial charge in [-0.15, -0.1) is 0 Å². The number of aromatic nitrogens is 3. The van der Waals surface area contributed by atoms with E-state index in [-0.39, 0.29) is 17.7 Å². The minimum Gasteiger partial charge on any atom is -0.342 e. The third kappa shape index (κ3) is 3.72. The molecule has 0 N–H and O–H groups in total. The molecule has 1 aromatic rings. The van der Waals surface area contributed by atoms with Gasteiger partial charge in [0.05, 0.1) is 0 Å². The van der Waals surface area contributed by atoms with Crippen LogP contribution in [0.15, 0.2) is 0 Å². The van der Waals surface area contributed by atoms with Gasteiger partial charge in [-0.25, -0.2) is 9.67 Å². The standard InChI is InChI=1S/C16H23F3N4O/c1-11-20-14(23(21-11)10-16(17,18)19)12-6-2-3-7-13(12)15(24)22-8-4-5-9-22/h12-13H,2-10H2,1H3/t12-,13+/m0/s1. The molecule has 1 aliphatic heterocycles. The first-order valence-electron chi connectivity index (χ1n) is 8.62. The summed E-state index contributed by atoms with van der Waals surface area (Å²) in [5.74, 6) is 0.188. The number of aryl methyl sites for hydroxylation is 1. The third-order valence-corrected chi connectivity index (χ3v) is 4.97. The number of rotatable bonds is 3. The zero-order chi connectivity index (χ0) is 17.3. The molecule has 0 spiro atoms. The van der Waals surface area contributed by atoms with Crippen LogP contribution in [-0.2, 0) is 11.3 Å². The summed E-state index contributed by atoms with van der Waals surface area (Å²) in [5, 5.41) is 3.92. The zero-order valence-corrected chi connectivity index (χ0v) is 13.8. The second-order valence-corrected chi connectivity index (χ2v) is 6.82. The van der Waals surface area contributed by atoms with E-state index in [4.69, 9.17) is 0 Å². The van der Waals surface area contributed by atoms with E-state index in [9.17, 15) is 18.0 Å². The van der Waals surface area contributed by atoms with Crippen molar-refractivity contribution in [3.05, 3.63) is 11.6 Å². The maximum atomic E-state index is 12.8. The first-order chi connectivity index (χ1) is 11.3. The van der Waals surface area contributed by atoms with Crippen molar-refractivity contribution < 1.29 is 18.0 Å². The van der Waals surface area contributed by atoms with Crippen molar-refractivity contribution in [1.29, 1.82) is 0 Å². The highest BCUT2D eigenvalue weighted by molar-refractivity contribution is 5.80. The Morgan fingerprint density at radius 3 is 2.50 bits per heavy atom. The van der Waals surface area contributed by atoms with Crippen LogP contribution in [0, 0.1) is 12.8 Å². The lowest BCUT2D eigenvalue weighted by molar-refractivity contribution is -0.143. The normalized spacial score (nSPS) is 25.2. The van der Waals surface area contributed by atoms with Gasteiger partial charge < -0.3 is 4.90 Å². The van der Waals surface area contributed by atoms with Crippen LogP contribution in [0.3, 0.4) is 0 Å². The zero-order valence-electron chi connectivity index (χ0n) is 13.8. The molecule has 5 nitrogen and oxygen atoms in total. The molecule has 2 atom stereocenters. The first-order valence-corrected chi connectivity index (χ1v) is 8.62. The van der Waals surface area contributed by atoms with E-state index in [1.165, 1.54) is 0 Å². The molecule has 1 saturated heterocycles. The van der Waals surface area contributed by atoms with E-state index in [1.807, 2.05) is 4.90 Å². The molecule has 0 unspecified atom stereocenters. The number of carbonyl (C=O) groups excluding carboxylic acids is 1. The topological polar surface area (TPSA) is 51.0 Å². The predicted molar refractivity (Wildman–Crippen MR) is 81.3 cm³/mol. The van der Waals surface area contributed by atoms with Gasteiger partial charge in [-0.2, -0.15) is 18.3 Å². The molecule has 2 heterocycles. The Kier molecular flexibility index (Phi) is 4.83. The molecule has 1 aromatic heterocycles. The summed E-state index contributed by atoms with van der Waals surface area (Å²) >= 11 is 0. The Morgan fingerprint density at radius 2 is 1.83 bits per heavy atom. The average Bonchev–Trinajstić information content (AvgIpc) is 3.15. The van der Waals surface area contributed by atoms with Gasteiger partial charge in [0.2, 0.25) is 5.91 Å². The molecular formula is C16H23F3N4O. The lowest BCUT2D eigenvalue weighted by Gasteiger charge is -2.33. The van der Waals surface area contributed by atoms with Gasteiger partial charge in [0.15, 0.2) is 0 Å². The number of hydrogen-bond donors (Lipinski definition) is 0. The van der Waals surface area contributed by atoms with Crippen LogP contribution in [0.5, 0.6) is 0 Å². The van der Waals surface area contributed by atoms with Crippen LogP contribution in [0.2, 0.25) is 0 Å². The fourth-order valence-corrected chi connectivity index (χ4v) is 3.94. The van der Waals surface area contributed by atoms with Crippen LogP contribution >= 0.6 is 0 Å². The Labute approximate surface area is 139 Å². The molecule has 3 rings (SSSR count). The molecule has 0 aromatic carbocycles. The van der Waals surface area contributed by atoms with Gasteiger partial charge >= 0.3 is 6.18 Å². The summed E-state index contributed by atoms with van der Waals surface area (Å²) in [6.07, 6.45) is 0.925. The summed E-state index contributed by atoms with van der Waals surface area (Å²) in [6, 6.07) is 0. The summed E-state index contributed by atoms with van der Waals surface area (Å²) in [4.78, 5) is 19.0. The predicted octanol–water partition coefficient (Wildman–Crippen LogP) is 3.05. The van der Waals surface area contributed by atoms with Crippen molar-refractivity contribution in [3.8, 4) is 0 Å². The van der Waals surface area contributed by atoms with Crippen LogP contribution < -0.4 is 0 Å². The van der Waals surface area contributed by atoms with Crippen molar-refractivity contribution in [2.24, 2.45) is 5.92 Å². The maximum Gasteiger partial charge on any atom is 0.408 e. The van der Waals surface area contributed by atoms with E-state index in [2.05, 4.69) is 10.1 Å². The van der Waals surface area contributed by atoms with Gasteiger partial charge in [-0.05, 0) is 32.6 Å². The quantitative estimate of drug-likeness (QED) is 0.847. The number of hydrogen-bond acceptors (Lipinski definition) is 3. The summed E-state index contributed by atoms with van der Waals surface area (Å²) in [6.45, 7) is 1.97. The summed E-state index contributed by atoms with van der Waals surface area (Å²) < 4.78 is 39.5. The second-order valence-electron chi connectivity index (χ2n) is 6.82. The Bertz CT molecular complexity index is 593. The van der Waals surface area contributed by atoms with Gasteiger partial charge in [0.1, 0.15) is 18.2 Å². The van der Waals surface area contributed by atoms with Crippen LogP contribution in [0.25, 0.3) is 0 Å². The molecule has 1 amide bonds. The van der Waals surface area contributed by atoms with Crippen molar-refractivity contribution in [2.45, 2.75) is 64.1 Å². The van der Waals surface area contributed by atoms with Gasteiger partial charge in [-0.1, -0.05) is 12.8 Å². The number of alkyl halides is 3. The minimum atomic E-state index is -4.35. The molecule has 0 radical (unpaired) electrons. The van der Waals surface area contributed by atoms with E-state index in [1.54, 1.807) is 6.92 Å². The monoisotopic (exact) mass is 344 g/mol. The summed E-state index contributed by atoms with van der Waals surface area (Å²) in [5.41, 5.74) is 0. The Balaban J connectivity index is 1.86. The lowest BCUT2D eigenvalue weighted by atomic mass is 9.78. The molecule has 24 heavy (non-hydrogen) atoms. The summed E-state index contributed by atoms with van der Waals surface area (Å²) in [7, 11) is 0. The van der Waals surface area contributed by atoms with Crippen molar-refractivity contribution in [3.63, 3.8) is 0 Å². The van der Waals surface area contributed by atoms with E-state index >= 15 is 0 Å². The van der Waals surface area contributed by atoms with Crippen LogP contribution in [-0.4, -0.2) is 44.8 Å². The fourth-order valence-electron chi connectivity index (χ4n) is 3.94. The Morgan fingerprint density at radius 1 is 1.17 bits per heavy atom. The van der Waals surface area contributed by atoms with Crippen LogP contribution in [0.4, 0.5) is 13.2 Å². The van der Waals surface area contributed by atoms with E-state index in [0.29, 0.717) is 18.1 Å². The number of carbonyl (C=O) groups is 1. The van der Waals surface area contributed by atoms with E-state index < -0.39 is 12.7 Å². The van der Waals surface area contributed by atoms with Crippen molar-refractivity contribution >= 4 is 5.91 Å². The molecule has 2 aliphatic rings. The highest BCUT2D eigenvalue weighted by Crippen LogP contribution is 2.39. The molecule has 1 aliphatic carbocycles.